The van der Waals surface area contributed by atoms with Gasteiger partial charge < -0.3 is 4.42 Å². The van der Waals surface area contributed by atoms with Gasteiger partial charge in [-0.15, -0.1) is 0 Å². The summed E-state index contributed by atoms with van der Waals surface area (Å²) in [6, 6.07) is 19.6. The van der Waals surface area contributed by atoms with Crippen molar-refractivity contribution in [2.45, 2.75) is 33.1 Å². The number of allylic oxidation sites excluding steroid dienone is 1. The number of furan rings is 1. The Bertz CT molecular complexity index is 894. The van der Waals surface area contributed by atoms with E-state index in [1.165, 1.54) is 33.4 Å². The van der Waals surface area contributed by atoms with E-state index in [-0.39, 0.29) is 0 Å². The zero-order valence-corrected chi connectivity index (χ0v) is 14.3. The second-order valence-electron chi connectivity index (χ2n) is 6.61. The number of benzene rings is 2. The van der Waals surface area contributed by atoms with Crippen LogP contribution in [-0.2, 0) is 12.8 Å². The Balaban J connectivity index is 1.72. The molecule has 0 radical (unpaired) electrons. The standard InChI is InChI=1S/C23H22O/c1-3-5-20-12-13-23(24-20)19-14-18-6-4-7-21(22(18)15-19)17-10-8-16(2)9-11-17/h4,6-13,15H,3,5,14H2,1-2H3. The minimum absolute atomic E-state index is 0.952. The van der Waals surface area contributed by atoms with Crippen LogP contribution in [0, 0.1) is 6.92 Å². The van der Waals surface area contributed by atoms with Crippen LogP contribution in [0.4, 0.5) is 0 Å². The first-order valence-electron chi connectivity index (χ1n) is 8.73. The molecule has 1 aliphatic rings. The Kier molecular flexibility index (Phi) is 3.86. The maximum absolute atomic E-state index is 6.03. The van der Waals surface area contributed by atoms with Gasteiger partial charge >= 0.3 is 0 Å². The molecule has 1 nitrogen and oxygen atoms in total. The molecule has 0 saturated heterocycles. The minimum Gasteiger partial charge on any atom is -0.461 e. The second kappa shape index (κ2) is 6.16. The molecule has 3 aromatic rings. The molecule has 0 aliphatic heterocycles. The second-order valence-corrected chi connectivity index (χ2v) is 6.61. The highest BCUT2D eigenvalue weighted by Gasteiger charge is 2.19. The lowest BCUT2D eigenvalue weighted by molar-refractivity contribution is 0.495. The van der Waals surface area contributed by atoms with Crippen molar-refractivity contribution in [3.63, 3.8) is 0 Å². The lowest BCUT2D eigenvalue weighted by atomic mass is 9.96. The Morgan fingerprint density at radius 1 is 0.958 bits per heavy atom. The van der Waals surface area contributed by atoms with Gasteiger partial charge in [-0.2, -0.15) is 0 Å². The molecule has 0 bridgehead atoms. The number of hydrogen-bond donors (Lipinski definition) is 0. The van der Waals surface area contributed by atoms with E-state index in [4.69, 9.17) is 4.42 Å². The van der Waals surface area contributed by atoms with Gasteiger partial charge in [0.25, 0.3) is 0 Å². The average molecular weight is 314 g/mol. The summed E-state index contributed by atoms with van der Waals surface area (Å²) >= 11 is 0. The Labute approximate surface area is 143 Å². The third kappa shape index (κ3) is 2.71. The molecular weight excluding hydrogens is 292 g/mol. The Hall–Kier alpha value is -2.54. The molecule has 1 aromatic heterocycles. The van der Waals surface area contributed by atoms with Crippen LogP contribution in [0.1, 0.15) is 41.6 Å². The van der Waals surface area contributed by atoms with E-state index in [1.807, 2.05) is 0 Å². The smallest absolute Gasteiger partial charge is 0.130 e. The van der Waals surface area contributed by atoms with E-state index in [0.717, 1.165) is 30.8 Å². The largest absolute Gasteiger partial charge is 0.461 e. The predicted molar refractivity (Wildman–Crippen MR) is 101 cm³/mol. The molecule has 0 unspecified atom stereocenters. The quantitative estimate of drug-likeness (QED) is 0.550. The summed E-state index contributed by atoms with van der Waals surface area (Å²) in [6.07, 6.45) is 5.38. The van der Waals surface area contributed by atoms with Gasteiger partial charge in [0.2, 0.25) is 0 Å². The van der Waals surface area contributed by atoms with Crippen LogP contribution in [0.25, 0.3) is 22.8 Å². The van der Waals surface area contributed by atoms with E-state index in [1.54, 1.807) is 0 Å². The first-order chi connectivity index (χ1) is 11.7. The zero-order chi connectivity index (χ0) is 16.5. The van der Waals surface area contributed by atoms with E-state index >= 15 is 0 Å². The summed E-state index contributed by atoms with van der Waals surface area (Å²) in [5, 5.41) is 0. The summed E-state index contributed by atoms with van der Waals surface area (Å²) in [5.74, 6) is 2.10. The molecule has 2 aromatic carbocycles. The molecule has 1 heteroatoms. The number of hydrogen-bond acceptors (Lipinski definition) is 1. The highest BCUT2D eigenvalue weighted by molar-refractivity contribution is 5.92. The summed E-state index contributed by atoms with van der Waals surface area (Å²) in [4.78, 5) is 0. The fourth-order valence-electron chi connectivity index (χ4n) is 3.44. The molecule has 1 heterocycles. The highest BCUT2D eigenvalue weighted by atomic mass is 16.3. The maximum atomic E-state index is 6.03. The van der Waals surface area contributed by atoms with Crippen LogP contribution in [-0.4, -0.2) is 0 Å². The van der Waals surface area contributed by atoms with Gasteiger partial charge in [-0.1, -0.05) is 55.0 Å². The van der Waals surface area contributed by atoms with E-state index in [9.17, 15) is 0 Å². The SMILES string of the molecule is CCCc1ccc(C2=Cc3c(cccc3-c3ccc(C)cc3)C2)o1. The van der Waals surface area contributed by atoms with Crippen LogP contribution < -0.4 is 0 Å². The van der Waals surface area contributed by atoms with Gasteiger partial charge in [0.15, 0.2) is 0 Å². The lowest BCUT2D eigenvalue weighted by Gasteiger charge is -2.08. The van der Waals surface area contributed by atoms with Crippen molar-refractivity contribution in [2.75, 3.05) is 0 Å². The minimum atomic E-state index is 0.952. The maximum Gasteiger partial charge on any atom is 0.130 e. The van der Waals surface area contributed by atoms with Crippen molar-refractivity contribution in [3.05, 3.63) is 82.8 Å². The first kappa shape index (κ1) is 15.0. The van der Waals surface area contributed by atoms with Crippen LogP contribution in [0.3, 0.4) is 0 Å². The number of rotatable bonds is 4. The van der Waals surface area contributed by atoms with Gasteiger partial charge in [-0.05, 0) is 59.4 Å². The molecule has 0 N–H and O–H groups in total. The molecule has 1 aliphatic carbocycles. The average Bonchev–Trinajstić information content (AvgIpc) is 3.22. The monoisotopic (exact) mass is 314 g/mol. The van der Waals surface area contributed by atoms with Crippen LogP contribution in [0.15, 0.2) is 59.0 Å². The highest BCUT2D eigenvalue weighted by Crippen LogP contribution is 2.38. The fraction of sp³-hybridized carbons (Fsp3) is 0.217. The molecule has 0 saturated carbocycles. The molecule has 24 heavy (non-hydrogen) atoms. The van der Waals surface area contributed by atoms with Crippen molar-refractivity contribution >= 4 is 11.6 Å². The van der Waals surface area contributed by atoms with Gasteiger partial charge in [0, 0.05) is 12.8 Å². The third-order valence-electron chi connectivity index (χ3n) is 4.73. The Morgan fingerprint density at radius 3 is 2.58 bits per heavy atom. The topological polar surface area (TPSA) is 13.1 Å². The van der Waals surface area contributed by atoms with Crippen LogP contribution in [0.5, 0.6) is 0 Å². The van der Waals surface area contributed by atoms with Crippen molar-refractivity contribution < 1.29 is 4.42 Å². The zero-order valence-electron chi connectivity index (χ0n) is 14.3. The van der Waals surface area contributed by atoms with Gasteiger partial charge in [0.1, 0.15) is 11.5 Å². The summed E-state index contributed by atoms with van der Waals surface area (Å²) in [5.41, 5.74) is 7.89. The number of fused-ring (bicyclic) bond motifs is 1. The van der Waals surface area contributed by atoms with Gasteiger partial charge in [0.05, 0.1) is 0 Å². The molecule has 0 amide bonds. The summed E-state index contributed by atoms with van der Waals surface area (Å²) in [7, 11) is 0. The van der Waals surface area contributed by atoms with Crippen molar-refractivity contribution in [3.8, 4) is 11.1 Å². The van der Waals surface area contributed by atoms with Gasteiger partial charge in [-0.3, -0.25) is 0 Å². The van der Waals surface area contributed by atoms with Gasteiger partial charge in [-0.25, -0.2) is 0 Å². The van der Waals surface area contributed by atoms with E-state index in [0.29, 0.717) is 0 Å². The van der Waals surface area contributed by atoms with Crippen molar-refractivity contribution in [1.29, 1.82) is 0 Å². The van der Waals surface area contributed by atoms with E-state index < -0.39 is 0 Å². The molecule has 4 rings (SSSR count). The van der Waals surface area contributed by atoms with Crippen molar-refractivity contribution in [2.24, 2.45) is 0 Å². The normalized spacial score (nSPS) is 13.0. The summed E-state index contributed by atoms with van der Waals surface area (Å²) in [6.45, 7) is 4.31. The fourth-order valence-corrected chi connectivity index (χ4v) is 3.44. The lowest BCUT2D eigenvalue weighted by Crippen LogP contribution is -1.87. The third-order valence-corrected chi connectivity index (χ3v) is 4.73. The van der Waals surface area contributed by atoms with Crippen LogP contribution in [0.2, 0.25) is 0 Å². The summed E-state index contributed by atoms with van der Waals surface area (Å²) < 4.78 is 6.03. The first-order valence-corrected chi connectivity index (χ1v) is 8.73. The molecular formula is C23H22O. The molecule has 0 spiro atoms. The molecule has 0 atom stereocenters. The van der Waals surface area contributed by atoms with Crippen LogP contribution >= 0.6 is 0 Å². The van der Waals surface area contributed by atoms with Crippen molar-refractivity contribution in [1.82, 2.24) is 0 Å². The van der Waals surface area contributed by atoms with E-state index in [2.05, 4.69) is 74.5 Å². The Morgan fingerprint density at radius 2 is 1.79 bits per heavy atom. The predicted octanol–water partition coefficient (Wildman–Crippen LogP) is 6.30. The number of aryl methyl sites for hydroxylation is 2. The molecule has 0 fully saturated rings. The molecule has 120 valence electrons.